The number of hydrogen-bond donors (Lipinski definition) is 1. The van der Waals surface area contributed by atoms with Crippen molar-refractivity contribution in [2.75, 3.05) is 7.05 Å². The van der Waals surface area contributed by atoms with Crippen LogP contribution in [0.15, 0.2) is 24.3 Å². The van der Waals surface area contributed by atoms with E-state index >= 15 is 0 Å². The maximum atomic E-state index is 6.22. The summed E-state index contributed by atoms with van der Waals surface area (Å²) in [6.07, 6.45) is 3.44. The van der Waals surface area contributed by atoms with Crippen molar-refractivity contribution in [1.29, 1.82) is 0 Å². The number of aromatic nitrogens is 1. The number of halogens is 1. The Labute approximate surface area is 122 Å². The van der Waals surface area contributed by atoms with Crippen LogP contribution in [0.3, 0.4) is 0 Å². The van der Waals surface area contributed by atoms with Crippen molar-refractivity contribution in [2.24, 2.45) is 0 Å². The summed E-state index contributed by atoms with van der Waals surface area (Å²) in [6.45, 7) is 0.923. The zero-order valence-electron chi connectivity index (χ0n) is 10.9. The molecule has 1 aliphatic rings. The Hall–Kier alpha value is -0.900. The van der Waals surface area contributed by atoms with Gasteiger partial charge < -0.3 is 5.32 Å². The van der Waals surface area contributed by atoms with Crippen molar-refractivity contribution in [3.8, 4) is 0 Å². The lowest BCUT2D eigenvalue weighted by Gasteiger charge is -2.00. The normalized spacial score (nSPS) is 14.8. The van der Waals surface area contributed by atoms with Crippen LogP contribution < -0.4 is 5.32 Å². The van der Waals surface area contributed by atoms with Gasteiger partial charge in [0.15, 0.2) is 0 Å². The lowest BCUT2D eigenvalue weighted by molar-refractivity contribution is 0.812. The summed E-state index contributed by atoms with van der Waals surface area (Å²) in [4.78, 5) is 6.24. The molecule has 0 unspecified atom stereocenters. The van der Waals surface area contributed by atoms with E-state index in [0.717, 1.165) is 23.6 Å². The topological polar surface area (TPSA) is 24.9 Å². The highest BCUT2D eigenvalue weighted by molar-refractivity contribution is 7.11. The zero-order chi connectivity index (χ0) is 13.2. The average molecular weight is 293 g/mol. The highest BCUT2D eigenvalue weighted by Crippen LogP contribution is 2.43. The van der Waals surface area contributed by atoms with Gasteiger partial charge in [0.25, 0.3) is 0 Å². The SMILES string of the molecule is CNCc1sc(Cc2ccccc2Cl)nc1C1CC1. The molecule has 2 nitrogen and oxygen atoms in total. The van der Waals surface area contributed by atoms with Gasteiger partial charge in [-0.1, -0.05) is 29.8 Å². The van der Waals surface area contributed by atoms with E-state index in [1.54, 1.807) is 0 Å². The summed E-state index contributed by atoms with van der Waals surface area (Å²) in [7, 11) is 1.99. The summed E-state index contributed by atoms with van der Waals surface area (Å²) >= 11 is 8.04. The van der Waals surface area contributed by atoms with Gasteiger partial charge >= 0.3 is 0 Å². The van der Waals surface area contributed by atoms with Gasteiger partial charge in [0, 0.05) is 28.8 Å². The summed E-state index contributed by atoms with van der Waals surface area (Å²) in [5, 5.41) is 5.25. The molecule has 1 heterocycles. The van der Waals surface area contributed by atoms with Gasteiger partial charge in [0.2, 0.25) is 0 Å². The Balaban J connectivity index is 1.85. The number of hydrogen-bond acceptors (Lipinski definition) is 3. The first-order valence-corrected chi connectivity index (χ1v) is 7.84. The highest BCUT2D eigenvalue weighted by Gasteiger charge is 2.29. The van der Waals surface area contributed by atoms with E-state index in [9.17, 15) is 0 Å². The maximum absolute atomic E-state index is 6.22. The van der Waals surface area contributed by atoms with Crippen molar-refractivity contribution in [3.63, 3.8) is 0 Å². The molecule has 0 aliphatic heterocycles. The van der Waals surface area contributed by atoms with E-state index in [1.165, 1.54) is 28.4 Å². The summed E-state index contributed by atoms with van der Waals surface area (Å²) in [6, 6.07) is 8.03. The molecule has 4 heteroatoms. The van der Waals surface area contributed by atoms with Crippen LogP contribution in [0.4, 0.5) is 0 Å². The number of benzene rings is 1. The molecule has 0 spiro atoms. The standard InChI is InChI=1S/C15H17ClN2S/c1-17-9-13-15(10-6-7-10)18-14(19-13)8-11-4-2-3-5-12(11)16/h2-5,10,17H,6-9H2,1H3. The number of rotatable bonds is 5. The number of nitrogens with one attached hydrogen (secondary N) is 1. The molecule has 1 aromatic heterocycles. The molecule has 1 saturated carbocycles. The van der Waals surface area contributed by atoms with E-state index in [2.05, 4.69) is 11.4 Å². The van der Waals surface area contributed by atoms with Crippen LogP contribution in [0.5, 0.6) is 0 Å². The van der Waals surface area contributed by atoms with Crippen LogP contribution in [-0.4, -0.2) is 12.0 Å². The quantitative estimate of drug-likeness (QED) is 0.901. The van der Waals surface area contributed by atoms with Gasteiger partial charge in [-0.2, -0.15) is 0 Å². The van der Waals surface area contributed by atoms with Gasteiger partial charge in [-0.25, -0.2) is 4.98 Å². The molecule has 100 valence electrons. The second kappa shape index (κ2) is 5.61. The second-order valence-corrected chi connectivity index (χ2v) is 6.56. The van der Waals surface area contributed by atoms with Crippen molar-refractivity contribution in [2.45, 2.75) is 31.7 Å². The Morgan fingerprint density at radius 2 is 2.16 bits per heavy atom. The third-order valence-corrected chi connectivity index (χ3v) is 4.81. The van der Waals surface area contributed by atoms with Gasteiger partial charge in [-0.05, 0) is 31.5 Å². The Morgan fingerprint density at radius 1 is 1.37 bits per heavy atom. The lowest BCUT2D eigenvalue weighted by Crippen LogP contribution is -2.05. The second-order valence-electron chi connectivity index (χ2n) is 4.99. The average Bonchev–Trinajstić information content (AvgIpc) is 3.17. The molecule has 0 amide bonds. The Bertz CT molecular complexity index is 575. The van der Waals surface area contributed by atoms with E-state index in [-0.39, 0.29) is 0 Å². The van der Waals surface area contributed by atoms with Gasteiger partial charge in [-0.3, -0.25) is 0 Å². The molecule has 0 saturated heterocycles. The first kappa shape index (κ1) is 13.1. The predicted octanol–water partition coefficient (Wildman–Crippen LogP) is 3.98. The molecule has 19 heavy (non-hydrogen) atoms. The molecule has 3 rings (SSSR count). The fourth-order valence-electron chi connectivity index (χ4n) is 2.26. The highest BCUT2D eigenvalue weighted by atomic mass is 35.5. The van der Waals surface area contributed by atoms with Crippen LogP contribution in [0, 0.1) is 0 Å². The third-order valence-electron chi connectivity index (χ3n) is 3.37. The van der Waals surface area contributed by atoms with E-state index in [1.807, 2.05) is 36.6 Å². The largest absolute Gasteiger partial charge is 0.315 e. The molecule has 1 fully saturated rings. The lowest BCUT2D eigenvalue weighted by atomic mass is 10.1. The van der Waals surface area contributed by atoms with Crippen LogP contribution in [-0.2, 0) is 13.0 Å². The van der Waals surface area contributed by atoms with Crippen molar-refractivity contribution in [3.05, 3.63) is 50.4 Å². The van der Waals surface area contributed by atoms with Gasteiger partial charge in [0.1, 0.15) is 0 Å². The minimum atomic E-state index is 0.708. The van der Waals surface area contributed by atoms with Crippen LogP contribution in [0.1, 0.15) is 39.9 Å². The fourth-order valence-corrected chi connectivity index (χ4v) is 3.65. The van der Waals surface area contributed by atoms with E-state index < -0.39 is 0 Å². The number of nitrogens with zero attached hydrogens (tertiary/aromatic N) is 1. The zero-order valence-corrected chi connectivity index (χ0v) is 12.5. The fraction of sp³-hybridized carbons (Fsp3) is 0.400. The monoisotopic (exact) mass is 292 g/mol. The van der Waals surface area contributed by atoms with Crippen molar-refractivity contribution in [1.82, 2.24) is 10.3 Å². The van der Waals surface area contributed by atoms with E-state index in [4.69, 9.17) is 16.6 Å². The molecule has 2 aromatic rings. The maximum Gasteiger partial charge on any atom is 0.0976 e. The van der Waals surface area contributed by atoms with E-state index in [0.29, 0.717) is 5.92 Å². The summed E-state index contributed by atoms with van der Waals surface area (Å²) < 4.78 is 0. The molecule has 0 bridgehead atoms. The first-order valence-electron chi connectivity index (χ1n) is 6.64. The summed E-state index contributed by atoms with van der Waals surface area (Å²) in [5.74, 6) is 0.708. The molecule has 1 aromatic carbocycles. The molecule has 1 aliphatic carbocycles. The smallest absolute Gasteiger partial charge is 0.0976 e. The Morgan fingerprint density at radius 3 is 2.84 bits per heavy atom. The minimum Gasteiger partial charge on any atom is -0.315 e. The molecule has 0 radical (unpaired) electrons. The predicted molar refractivity (Wildman–Crippen MR) is 81.1 cm³/mol. The molecular weight excluding hydrogens is 276 g/mol. The van der Waals surface area contributed by atoms with Crippen molar-refractivity contribution >= 4 is 22.9 Å². The first-order chi connectivity index (χ1) is 9.28. The summed E-state index contributed by atoms with van der Waals surface area (Å²) in [5.41, 5.74) is 2.48. The molecule has 0 atom stereocenters. The third kappa shape index (κ3) is 2.99. The van der Waals surface area contributed by atoms with Crippen molar-refractivity contribution < 1.29 is 0 Å². The van der Waals surface area contributed by atoms with Crippen LogP contribution in [0.25, 0.3) is 0 Å². The van der Waals surface area contributed by atoms with Crippen LogP contribution >= 0.6 is 22.9 Å². The van der Waals surface area contributed by atoms with Gasteiger partial charge in [0.05, 0.1) is 10.7 Å². The molecular formula is C15H17ClN2S. The minimum absolute atomic E-state index is 0.708. The van der Waals surface area contributed by atoms with Gasteiger partial charge in [-0.15, -0.1) is 11.3 Å². The molecule has 1 N–H and O–H groups in total. The van der Waals surface area contributed by atoms with Crippen LogP contribution in [0.2, 0.25) is 5.02 Å². The Kier molecular flexibility index (Phi) is 3.87. The number of thiazole rings is 1.